The van der Waals surface area contributed by atoms with E-state index in [1.165, 1.54) is 0 Å². The lowest BCUT2D eigenvalue weighted by Crippen LogP contribution is -2.21. The highest BCUT2D eigenvalue weighted by molar-refractivity contribution is 7.92. The standard InChI is InChI=1S/C13H13Cl2N3O2S/c1-9(10-5-3-2-4-6-10)7-21(19,20)18-11-12(14)16-8-17-13(11)15/h2-6,8-9,18H,7H2,1H3. The van der Waals surface area contributed by atoms with Gasteiger partial charge in [-0.05, 0) is 11.5 Å². The fourth-order valence-corrected chi connectivity index (χ4v) is 3.79. The van der Waals surface area contributed by atoms with Crippen molar-refractivity contribution in [2.75, 3.05) is 10.5 Å². The first kappa shape index (κ1) is 16.0. The molecule has 1 N–H and O–H groups in total. The maximum absolute atomic E-state index is 12.2. The van der Waals surface area contributed by atoms with Gasteiger partial charge in [0.15, 0.2) is 10.3 Å². The molecule has 1 heterocycles. The van der Waals surface area contributed by atoms with Gasteiger partial charge in [-0.2, -0.15) is 0 Å². The quantitative estimate of drug-likeness (QED) is 0.843. The molecule has 5 nitrogen and oxygen atoms in total. The zero-order chi connectivity index (χ0) is 15.5. The van der Waals surface area contributed by atoms with Crippen molar-refractivity contribution >= 4 is 38.9 Å². The zero-order valence-electron chi connectivity index (χ0n) is 11.1. The third-order valence-electron chi connectivity index (χ3n) is 2.85. The zero-order valence-corrected chi connectivity index (χ0v) is 13.5. The van der Waals surface area contributed by atoms with Crippen molar-refractivity contribution in [3.8, 4) is 0 Å². The Labute approximate surface area is 133 Å². The molecular formula is C13H13Cl2N3O2S. The van der Waals surface area contributed by atoms with Gasteiger partial charge in [0.1, 0.15) is 12.0 Å². The van der Waals surface area contributed by atoms with Crippen molar-refractivity contribution in [3.05, 3.63) is 52.5 Å². The first-order chi connectivity index (χ1) is 9.89. The van der Waals surface area contributed by atoms with Crippen LogP contribution >= 0.6 is 23.2 Å². The largest absolute Gasteiger partial charge is 0.278 e. The number of nitrogens with one attached hydrogen (secondary N) is 1. The van der Waals surface area contributed by atoms with Crippen LogP contribution in [0.25, 0.3) is 0 Å². The van der Waals surface area contributed by atoms with Gasteiger partial charge in [0, 0.05) is 0 Å². The highest BCUT2D eigenvalue weighted by atomic mass is 35.5. The number of anilines is 1. The van der Waals surface area contributed by atoms with Crippen molar-refractivity contribution in [2.24, 2.45) is 0 Å². The van der Waals surface area contributed by atoms with E-state index >= 15 is 0 Å². The molecule has 1 aromatic carbocycles. The van der Waals surface area contributed by atoms with E-state index in [2.05, 4.69) is 14.7 Å². The second-order valence-electron chi connectivity index (χ2n) is 4.53. The molecule has 0 amide bonds. The van der Waals surface area contributed by atoms with E-state index in [9.17, 15) is 8.42 Å². The Morgan fingerprint density at radius 3 is 2.29 bits per heavy atom. The molecule has 2 rings (SSSR count). The summed E-state index contributed by atoms with van der Waals surface area (Å²) in [4.78, 5) is 7.41. The van der Waals surface area contributed by atoms with Gasteiger partial charge in [-0.15, -0.1) is 0 Å². The Morgan fingerprint density at radius 1 is 1.14 bits per heavy atom. The van der Waals surface area contributed by atoms with Gasteiger partial charge in [-0.1, -0.05) is 60.5 Å². The van der Waals surface area contributed by atoms with Crippen LogP contribution in [0.3, 0.4) is 0 Å². The molecule has 0 spiro atoms. The molecular weight excluding hydrogens is 333 g/mol. The van der Waals surface area contributed by atoms with Gasteiger partial charge in [-0.25, -0.2) is 18.4 Å². The lowest BCUT2D eigenvalue weighted by molar-refractivity contribution is 0.595. The lowest BCUT2D eigenvalue weighted by atomic mass is 10.0. The second-order valence-corrected chi connectivity index (χ2v) is 7.01. The van der Waals surface area contributed by atoms with E-state index in [1.54, 1.807) is 0 Å². The van der Waals surface area contributed by atoms with Gasteiger partial charge < -0.3 is 0 Å². The summed E-state index contributed by atoms with van der Waals surface area (Å²) in [7, 11) is -3.63. The van der Waals surface area contributed by atoms with E-state index in [-0.39, 0.29) is 27.7 Å². The summed E-state index contributed by atoms with van der Waals surface area (Å²) < 4.78 is 26.7. The van der Waals surface area contributed by atoms with Crippen molar-refractivity contribution < 1.29 is 8.42 Å². The molecule has 0 aliphatic rings. The Morgan fingerprint density at radius 2 is 1.71 bits per heavy atom. The summed E-state index contributed by atoms with van der Waals surface area (Å²) in [5.41, 5.74) is 0.936. The number of halogens is 2. The fraction of sp³-hybridized carbons (Fsp3) is 0.231. The smallest absolute Gasteiger partial charge is 0.233 e. The molecule has 0 saturated heterocycles. The molecule has 112 valence electrons. The number of sulfonamides is 1. The fourth-order valence-electron chi connectivity index (χ4n) is 1.83. The van der Waals surface area contributed by atoms with E-state index in [0.29, 0.717) is 0 Å². The normalized spacial score (nSPS) is 12.9. The predicted octanol–water partition coefficient (Wildman–Crippen LogP) is 3.33. The van der Waals surface area contributed by atoms with Crippen LogP contribution in [0.1, 0.15) is 18.4 Å². The summed E-state index contributed by atoms with van der Waals surface area (Å²) in [6.45, 7) is 1.83. The minimum Gasteiger partial charge on any atom is -0.278 e. The van der Waals surface area contributed by atoms with Gasteiger partial charge >= 0.3 is 0 Å². The van der Waals surface area contributed by atoms with Crippen molar-refractivity contribution in [2.45, 2.75) is 12.8 Å². The first-order valence-corrected chi connectivity index (χ1v) is 8.51. The van der Waals surface area contributed by atoms with Gasteiger partial charge in [0.2, 0.25) is 10.0 Å². The summed E-state index contributed by atoms with van der Waals surface area (Å²) >= 11 is 11.7. The van der Waals surface area contributed by atoms with Crippen LogP contribution in [0.15, 0.2) is 36.7 Å². The Balaban J connectivity index is 2.16. The average Bonchev–Trinajstić information content (AvgIpc) is 2.43. The molecule has 21 heavy (non-hydrogen) atoms. The minimum absolute atomic E-state index is 0.00101. The van der Waals surface area contributed by atoms with Crippen LogP contribution in [-0.2, 0) is 10.0 Å². The lowest BCUT2D eigenvalue weighted by Gasteiger charge is -2.14. The molecule has 0 aliphatic carbocycles. The first-order valence-electron chi connectivity index (χ1n) is 6.10. The maximum atomic E-state index is 12.2. The highest BCUT2D eigenvalue weighted by Crippen LogP contribution is 2.27. The third-order valence-corrected chi connectivity index (χ3v) is 4.88. The maximum Gasteiger partial charge on any atom is 0.233 e. The van der Waals surface area contributed by atoms with E-state index in [4.69, 9.17) is 23.2 Å². The average molecular weight is 346 g/mol. The molecule has 0 bridgehead atoms. The molecule has 0 radical (unpaired) electrons. The second kappa shape index (κ2) is 6.60. The minimum atomic E-state index is -3.63. The molecule has 1 atom stereocenters. The van der Waals surface area contributed by atoms with Crippen LogP contribution in [0.5, 0.6) is 0 Å². The van der Waals surface area contributed by atoms with Crippen LogP contribution in [-0.4, -0.2) is 24.1 Å². The Kier molecular flexibility index (Phi) is 5.03. The van der Waals surface area contributed by atoms with Crippen molar-refractivity contribution in [1.82, 2.24) is 9.97 Å². The summed E-state index contributed by atoms with van der Waals surface area (Å²) in [5, 5.41) is -0.0723. The predicted molar refractivity (Wildman–Crippen MR) is 84.3 cm³/mol. The number of nitrogens with zero attached hydrogens (tertiary/aromatic N) is 2. The van der Waals surface area contributed by atoms with Crippen LogP contribution < -0.4 is 4.72 Å². The topological polar surface area (TPSA) is 72.0 Å². The van der Waals surface area contributed by atoms with Crippen molar-refractivity contribution in [1.29, 1.82) is 0 Å². The molecule has 0 aliphatic heterocycles. The number of hydrogen-bond donors (Lipinski definition) is 1. The SMILES string of the molecule is CC(CS(=O)(=O)Nc1c(Cl)ncnc1Cl)c1ccccc1. The van der Waals surface area contributed by atoms with Gasteiger partial charge in [0.05, 0.1) is 5.75 Å². The molecule has 0 fully saturated rings. The molecule has 8 heteroatoms. The number of hydrogen-bond acceptors (Lipinski definition) is 4. The summed E-state index contributed by atoms with van der Waals surface area (Å²) in [5.74, 6) is -0.274. The summed E-state index contributed by atoms with van der Waals surface area (Å²) in [6.07, 6.45) is 1.16. The number of aromatic nitrogens is 2. The van der Waals surface area contributed by atoms with E-state index in [1.807, 2.05) is 37.3 Å². The molecule has 1 aromatic heterocycles. The van der Waals surface area contributed by atoms with Crippen LogP contribution in [0.2, 0.25) is 10.3 Å². The monoisotopic (exact) mass is 345 g/mol. The number of rotatable bonds is 5. The van der Waals surface area contributed by atoms with E-state index < -0.39 is 10.0 Å². The highest BCUT2D eigenvalue weighted by Gasteiger charge is 2.20. The van der Waals surface area contributed by atoms with Gasteiger partial charge in [-0.3, -0.25) is 4.72 Å². The van der Waals surface area contributed by atoms with E-state index in [0.717, 1.165) is 11.9 Å². The molecule has 0 saturated carbocycles. The van der Waals surface area contributed by atoms with Gasteiger partial charge in [0.25, 0.3) is 0 Å². The third kappa shape index (κ3) is 4.30. The summed E-state index contributed by atoms with van der Waals surface area (Å²) in [6, 6.07) is 9.37. The molecule has 2 aromatic rings. The van der Waals surface area contributed by atoms with Crippen LogP contribution in [0, 0.1) is 0 Å². The van der Waals surface area contributed by atoms with Crippen molar-refractivity contribution in [3.63, 3.8) is 0 Å². The Hall–Kier alpha value is -1.37. The molecule has 1 unspecified atom stereocenters. The number of benzene rings is 1. The Bertz CT molecular complexity index is 703. The van der Waals surface area contributed by atoms with Crippen LogP contribution in [0.4, 0.5) is 5.69 Å².